The van der Waals surface area contributed by atoms with Crippen LogP contribution in [0.4, 0.5) is 0 Å². The average molecular weight is 426 g/mol. The molecule has 0 unspecified atom stereocenters. The van der Waals surface area contributed by atoms with E-state index in [9.17, 15) is 4.79 Å². The van der Waals surface area contributed by atoms with E-state index in [0.717, 1.165) is 5.06 Å². The van der Waals surface area contributed by atoms with Gasteiger partial charge in [0, 0.05) is 32.6 Å². The molecule has 0 atom stereocenters. The molecule has 0 spiro atoms. The maximum absolute atomic E-state index is 11.6. The number of amides is 1. The second-order valence-corrected chi connectivity index (χ2v) is 4.41. The van der Waals surface area contributed by atoms with Crippen LogP contribution in [-0.4, -0.2) is 69.6 Å². The quantitative estimate of drug-likeness (QED) is 0.704. The van der Waals surface area contributed by atoms with Gasteiger partial charge in [-0.25, -0.2) is 20.5 Å². The van der Waals surface area contributed by atoms with Gasteiger partial charge in [0.25, 0.3) is 5.91 Å². The average Bonchev–Trinajstić information content (AvgIpc) is 2.79. The fraction of sp³-hybridized carbons (Fsp3) is 0.368. The van der Waals surface area contributed by atoms with Crippen LogP contribution in [-0.2, 0) is 19.3 Å². The molecule has 0 aromatic carbocycles. The van der Waals surface area contributed by atoms with E-state index in [1.807, 2.05) is 12.1 Å². The van der Waals surface area contributed by atoms with E-state index in [4.69, 9.17) is 23.9 Å². The third-order valence-electron chi connectivity index (χ3n) is 2.81. The molecule has 11 nitrogen and oxygen atoms in total. The predicted octanol–water partition coefficient (Wildman–Crippen LogP) is 1.63. The van der Waals surface area contributed by atoms with Crippen LogP contribution in [0.5, 0.6) is 11.8 Å². The minimum atomic E-state index is -0.294. The van der Waals surface area contributed by atoms with Crippen LogP contribution in [0.1, 0.15) is 17.8 Å². The lowest BCUT2D eigenvalue weighted by Crippen LogP contribution is -2.25. The number of nitrogens with zero attached hydrogens (tertiary/aromatic N) is 3. The van der Waals surface area contributed by atoms with E-state index in [0.29, 0.717) is 17.3 Å². The summed E-state index contributed by atoms with van der Waals surface area (Å²) >= 11 is 0. The molecule has 0 radical (unpaired) electrons. The van der Waals surface area contributed by atoms with Crippen LogP contribution in [0, 0.1) is 0 Å². The predicted molar refractivity (Wildman–Crippen MR) is 108 cm³/mol. The second kappa shape index (κ2) is 21.9. The van der Waals surface area contributed by atoms with E-state index in [-0.39, 0.29) is 19.5 Å². The van der Waals surface area contributed by atoms with E-state index in [1.165, 1.54) is 21.3 Å². The summed E-state index contributed by atoms with van der Waals surface area (Å²) in [5, 5.41) is 1.11. The normalized spacial score (nSPS) is 8.07. The number of carbonyl (C=O) groups is 1. The highest BCUT2D eigenvalue weighted by atomic mass is 16.7. The Bertz CT molecular complexity index is 694. The number of pyridine rings is 2. The van der Waals surface area contributed by atoms with Crippen molar-refractivity contribution < 1.29 is 33.5 Å². The molecule has 0 aliphatic rings. The molecule has 1 amide bonds. The number of ether oxygens (including phenoxy) is 2. The summed E-state index contributed by atoms with van der Waals surface area (Å²) in [4.78, 5) is 44.7. The molecule has 30 heavy (non-hydrogen) atoms. The van der Waals surface area contributed by atoms with Gasteiger partial charge in [0.2, 0.25) is 11.8 Å². The molecule has 0 aliphatic heterocycles. The molecule has 0 bridgehead atoms. The first-order chi connectivity index (χ1) is 14.0. The zero-order chi connectivity index (χ0) is 22.5. The Morgan fingerprint density at radius 2 is 1.57 bits per heavy atom. The molecule has 0 saturated carbocycles. The van der Waals surface area contributed by atoms with Crippen molar-refractivity contribution in [2.75, 3.05) is 42.5 Å². The van der Waals surface area contributed by atoms with Gasteiger partial charge in [-0.3, -0.25) is 9.63 Å². The molecule has 2 aromatic rings. The SMILES string of the molecule is C.CNOC.COc1ccccn1.COc1ncccc1C(=O)N(C)OC.O=C=O. The standard InChI is InChI=1S/C9H12N2O3.C6H7NO.C2H7NO.CO2.CH4/c1-11(14-3)9(12)7-5-4-6-10-8(7)13-2;1-8-6-4-2-3-5-7-6;1-3-4-2;2-1-3;/h4-6H,1-3H3;2-5H,1H3;3H,1-2H3;;1H4. The Hall–Kier alpha value is -3.37. The van der Waals surface area contributed by atoms with Gasteiger partial charge < -0.3 is 14.3 Å². The molecule has 2 heterocycles. The molecule has 0 saturated heterocycles. The molecule has 2 aromatic heterocycles. The smallest absolute Gasteiger partial charge is 0.373 e. The van der Waals surface area contributed by atoms with Crippen LogP contribution in [0.25, 0.3) is 0 Å². The largest absolute Gasteiger partial charge is 0.481 e. The first-order valence-electron chi connectivity index (χ1n) is 7.92. The molecule has 11 heteroatoms. The number of hydrogen-bond donors (Lipinski definition) is 1. The Kier molecular flexibility index (Phi) is 22.9. The lowest BCUT2D eigenvalue weighted by atomic mass is 10.2. The summed E-state index contributed by atoms with van der Waals surface area (Å²) in [6.07, 6.45) is 3.50. The third-order valence-corrected chi connectivity index (χ3v) is 2.81. The zero-order valence-electron chi connectivity index (χ0n) is 17.2. The van der Waals surface area contributed by atoms with Crippen LogP contribution in [0.2, 0.25) is 0 Å². The van der Waals surface area contributed by atoms with Crippen molar-refractivity contribution >= 4 is 12.1 Å². The summed E-state index contributed by atoms with van der Waals surface area (Å²) in [6.45, 7) is 0. The molecule has 0 aliphatic carbocycles. The van der Waals surface area contributed by atoms with Crippen LogP contribution in [0.3, 0.4) is 0 Å². The number of aromatic nitrogens is 2. The Morgan fingerprint density at radius 3 is 1.93 bits per heavy atom. The number of carbonyl (C=O) groups excluding carboxylic acids is 3. The van der Waals surface area contributed by atoms with Crippen molar-refractivity contribution in [3.63, 3.8) is 0 Å². The molecule has 1 N–H and O–H groups in total. The Morgan fingerprint density at radius 1 is 1.00 bits per heavy atom. The Balaban J connectivity index is -0.000000386. The fourth-order valence-electron chi connectivity index (χ4n) is 1.44. The molecular formula is C19H30N4O7. The van der Waals surface area contributed by atoms with Gasteiger partial charge in [0.15, 0.2) is 0 Å². The minimum absolute atomic E-state index is 0. The molecule has 0 fully saturated rings. The number of hydrogen-bond acceptors (Lipinski definition) is 10. The van der Waals surface area contributed by atoms with Gasteiger partial charge in [-0.05, 0) is 18.2 Å². The fourth-order valence-corrected chi connectivity index (χ4v) is 1.44. The summed E-state index contributed by atoms with van der Waals surface area (Å²) in [7, 11) is 9.28. The van der Waals surface area contributed by atoms with Crippen LogP contribution >= 0.6 is 0 Å². The summed E-state index contributed by atoms with van der Waals surface area (Å²) in [6, 6.07) is 8.83. The summed E-state index contributed by atoms with van der Waals surface area (Å²) < 4.78 is 9.75. The maximum atomic E-state index is 11.6. The van der Waals surface area contributed by atoms with Crippen molar-refractivity contribution in [3.05, 3.63) is 48.3 Å². The highest BCUT2D eigenvalue weighted by Gasteiger charge is 2.16. The number of hydroxylamine groups is 3. The van der Waals surface area contributed by atoms with E-state index >= 15 is 0 Å². The van der Waals surface area contributed by atoms with Crippen molar-refractivity contribution in [2.45, 2.75) is 7.43 Å². The van der Waals surface area contributed by atoms with Crippen molar-refractivity contribution in [3.8, 4) is 11.8 Å². The lowest BCUT2D eigenvalue weighted by molar-refractivity contribution is -0.191. The maximum Gasteiger partial charge on any atom is 0.373 e. The summed E-state index contributed by atoms with van der Waals surface area (Å²) in [5.41, 5.74) is 2.80. The third kappa shape index (κ3) is 14.7. The van der Waals surface area contributed by atoms with E-state index < -0.39 is 0 Å². The van der Waals surface area contributed by atoms with Crippen LogP contribution < -0.4 is 15.0 Å². The Labute approximate surface area is 176 Å². The molecular weight excluding hydrogens is 396 g/mol. The monoisotopic (exact) mass is 426 g/mol. The van der Waals surface area contributed by atoms with E-state index in [2.05, 4.69) is 20.3 Å². The van der Waals surface area contributed by atoms with Crippen molar-refractivity contribution in [2.24, 2.45) is 0 Å². The zero-order valence-corrected chi connectivity index (χ0v) is 17.2. The van der Waals surface area contributed by atoms with Crippen LogP contribution in [0.15, 0.2) is 42.7 Å². The number of methoxy groups -OCH3 is 2. The topological polar surface area (TPSA) is 129 Å². The number of rotatable bonds is 5. The van der Waals surface area contributed by atoms with Gasteiger partial charge in [-0.1, -0.05) is 13.5 Å². The highest BCUT2D eigenvalue weighted by molar-refractivity contribution is 5.95. The van der Waals surface area contributed by atoms with E-state index in [1.54, 1.807) is 51.9 Å². The first-order valence-corrected chi connectivity index (χ1v) is 7.92. The molecule has 2 rings (SSSR count). The molecule has 168 valence electrons. The van der Waals surface area contributed by atoms with Crippen molar-refractivity contribution in [1.29, 1.82) is 0 Å². The van der Waals surface area contributed by atoms with Crippen molar-refractivity contribution in [1.82, 2.24) is 20.5 Å². The summed E-state index contributed by atoms with van der Waals surface area (Å²) in [5.74, 6) is 0.659. The first kappa shape index (κ1) is 31.3. The number of nitrogens with one attached hydrogen (secondary N) is 1. The van der Waals surface area contributed by atoms with Gasteiger partial charge in [0.1, 0.15) is 5.56 Å². The van der Waals surface area contributed by atoms with Gasteiger partial charge in [0.05, 0.1) is 28.4 Å². The minimum Gasteiger partial charge on any atom is -0.481 e. The lowest BCUT2D eigenvalue weighted by Gasteiger charge is -2.14. The van der Waals surface area contributed by atoms with Gasteiger partial charge >= 0.3 is 6.15 Å². The van der Waals surface area contributed by atoms with Gasteiger partial charge in [-0.15, -0.1) is 0 Å². The second-order valence-electron chi connectivity index (χ2n) is 4.41. The highest BCUT2D eigenvalue weighted by Crippen LogP contribution is 2.15. The van der Waals surface area contributed by atoms with Gasteiger partial charge in [-0.2, -0.15) is 9.59 Å².